The van der Waals surface area contributed by atoms with Gasteiger partial charge in [-0.2, -0.15) is 0 Å². The van der Waals surface area contributed by atoms with E-state index in [-0.39, 0.29) is 5.75 Å². The molecule has 0 radical (unpaired) electrons. The molecular formula is C16H15F2NO3S. The average Bonchev–Trinajstić information content (AvgIpc) is 2.56. The maximum absolute atomic E-state index is 13.5. The molecule has 2 rings (SSSR count). The first kappa shape index (κ1) is 17.1. The largest absolute Gasteiger partial charge is 0.493 e. The van der Waals surface area contributed by atoms with Crippen molar-refractivity contribution in [2.45, 2.75) is 4.90 Å². The molecule has 1 amide bonds. The zero-order valence-corrected chi connectivity index (χ0v) is 13.4. The number of carbonyl (C=O) groups is 1. The van der Waals surface area contributed by atoms with E-state index < -0.39 is 23.2 Å². The first-order chi connectivity index (χ1) is 11.0. The molecule has 0 heterocycles. The lowest BCUT2D eigenvalue weighted by atomic mass is 10.3. The molecule has 0 unspecified atom stereocenters. The van der Waals surface area contributed by atoms with Crippen LogP contribution in [0.1, 0.15) is 0 Å². The summed E-state index contributed by atoms with van der Waals surface area (Å²) in [6.07, 6.45) is 0. The van der Waals surface area contributed by atoms with Gasteiger partial charge in [-0.25, -0.2) is 8.78 Å². The quantitative estimate of drug-likeness (QED) is 0.815. The van der Waals surface area contributed by atoms with Crippen LogP contribution in [-0.4, -0.2) is 25.9 Å². The number of benzene rings is 2. The van der Waals surface area contributed by atoms with Gasteiger partial charge in [-0.15, -0.1) is 11.8 Å². The second-order valence-electron chi connectivity index (χ2n) is 4.45. The third-order valence-corrected chi connectivity index (χ3v) is 3.95. The van der Waals surface area contributed by atoms with Crippen LogP contribution >= 0.6 is 11.8 Å². The molecule has 0 aromatic heterocycles. The smallest absolute Gasteiger partial charge is 0.234 e. The van der Waals surface area contributed by atoms with E-state index >= 15 is 0 Å². The molecule has 0 aliphatic carbocycles. The van der Waals surface area contributed by atoms with Crippen LogP contribution in [0.2, 0.25) is 0 Å². The highest BCUT2D eigenvalue weighted by molar-refractivity contribution is 8.00. The fourth-order valence-electron chi connectivity index (χ4n) is 1.85. The van der Waals surface area contributed by atoms with Crippen molar-refractivity contribution in [2.24, 2.45) is 0 Å². The average molecular weight is 339 g/mol. The number of nitrogens with one attached hydrogen (secondary N) is 1. The summed E-state index contributed by atoms with van der Waals surface area (Å²) < 4.78 is 37.2. The Balaban J connectivity index is 1.99. The van der Waals surface area contributed by atoms with Gasteiger partial charge >= 0.3 is 0 Å². The van der Waals surface area contributed by atoms with E-state index in [1.165, 1.54) is 32.0 Å². The summed E-state index contributed by atoms with van der Waals surface area (Å²) in [6.45, 7) is 0. The van der Waals surface area contributed by atoms with Gasteiger partial charge in [-0.05, 0) is 30.3 Å². The first-order valence-electron chi connectivity index (χ1n) is 6.64. The third kappa shape index (κ3) is 4.35. The van der Waals surface area contributed by atoms with Crippen molar-refractivity contribution in [1.82, 2.24) is 0 Å². The number of halogens is 2. The van der Waals surface area contributed by atoms with E-state index in [4.69, 9.17) is 9.47 Å². The second kappa shape index (κ2) is 7.82. The standard InChI is InChI=1S/C16H15F2NO3S/c1-21-13-7-6-10(8-14(13)22-2)23-9-15(20)19-16-11(17)4-3-5-12(16)18/h3-8H,9H2,1-2H3,(H,19,20). The Bertz CT molecular complexity index is 689. The molecule has 7 heteroatoms. The summed E-state index contributed by atoms with van der Waals surface area (Å²) in [7, 11) is 3.04. The number of hydrogen-bond donors (Lipinski definition) is 1. The highest BCUT2D eigenvalue weighted by Crippen LogP contribution is 2.31. The summed E-state index contributed by atoms with van der Waals surface area (Å²) in [5, 5.41) is 2.23. The molecule has 2 aromatic rings. The monoisotopic (exact) mass is 339 g/mol. The predicted molar refractivity (Wildman–Crippen MR) is 85.3 cm³/mol. The molecule has 122 valence electrons. The van der Waals surface area contributed by atoms with Crippen molar-refractivity contribution >= 4 is 23.4 Å². The van der Waals surface area contributed by atoms with Gasteiger partial charge in [0.05, 0.1) is 20.0 Å². The molecule has 0 atom stereocenters. The maximum atomic E-state index is 13.5. The molecule has 0 fully saturated rings. The molecule has 4 nitrogen and oxygen atoms in total. The van der Waals surface area contributed by atoms with E-state index in [1.54, 1.807) is 18.2 Å². The molecule has 0 saturated heterocycles. The molecular weight excluding hydrogens is 324 g/mol. The number of thioether (sulfide) groups is 1. The summed E-state index contributed by atoms with van der Waals surface area (Å²) in [5.41, 5.74) is -0.439. The van der Waals surface area contributed by atoms with E-state index in [0.717, 1.165) is 17.0 Å². The Kier molecular flexibility index (Phi) is 5.81. The minimum Gasteiger partial charge on any atom is -0.493 e. The van der Waals surface area contributed by atoms with E-state index in [2.05, 4.69) is 5.32 Å². The number of para-hydroxylation sites is 1. The number of methoxy groups -OCH3 is 2. The molecule has 0 bridgehead atoms. The SMILES string of the molecule is COc1ccc(SCC(=O)Nc2c(F)cccc2F)cc1OC. The molecule has 1 N–H and O–H groups in total. The summed E-state index contributed by atoms with van der Waals surface area (Å²) in [5.74, 6) is -1.01. The zero-order valence-electron chi connectivity index (χ0n) is 12.6. The minimum absolute atomic E-state index is 0.00323. The molecule has 0 spiro atoms. The lowest BCUT2D eigenvalue weighted by molar-refractivity contribution is -0.113. The maximum Gasteiger partial charge on any atom is 0.234 e. The van der Waals surface area contributed by atoms with Gasteiger partial charge in [0.2, 0.25) is 5.91 Å². The highest BCUT2D eigenvalue weighted by Gasteiger charge is 2.12. The molecule has 0 aliphatic rings. The fraction of sp³-hybridized carbons (Fsp3) is 0.188. The van der Waals surface area contributed by atoms with Gasteiger partial charge in [0.15, 0.2) is 11.5 Å². The Morgan fingerprint density at radius 2 is 1.74 bits per heavy atom. The van der Waals surface area contributed by atoms with Crippen LogP contribution < -0.4 is 14.8 Å². The van der Waals surface area contributed by atoms with E-state index in [1.807, 2.05) is 0 Å². The van der Waals surface area contributed by atoms with Gasteiger partial charge in [0, 0.05) is 4.90 Å². The summed E-state index contributed by atoms with van der Waals surface area (Å²) >= 11 is 1.22. The number of amides is 1. The molecule has 0 saturated carbocycles. The van der Waals surface area contributed by atoms with Crippen molar-refractivity contribution in [3.05, 3.63) is 48.0 Å². The van der Waals surface area contributed by atoms with Crippen LogP contribution in [0, 0.1) is 11.6 Å². The highest BCUT2D eigenvalue weighted by atomic mass is 32.2. The Morgan fingerprint density at radius 1 is 1.09 bits per heavy atom. The normalized spacial score (nSPS) is 10.3. The number of carbonyl (C=O) groups excluding carboxylic acids is 1. The Labute approximate surface area is 136 Å². The molecule has 0 aliphatic heterocycles. The van der Waals surface area contributed by atoms with Crippen molar-refractivity contribution < 1.29 is 23.0 Å². The van der Waals surface area contributed by atoms with Gasteiger partial charge < -0.3 is 14.8 Å². The van der Waals surface area contributed by atoms with E-state index in [0.29, 0.717) is 11.5 Å². The molecule has 23 heavy (non-hydrogen) atoms. The predicted octanol–water partition coefficient (Wildman–Crippen LogP) is 3.71. The third-order valence-electron chi connectivity index (χ3n) is 2.95. The van der Waals surface area contributed by atoms with Gasteiger partial charge in [-0.1, -0.05) is 6.07 Å². The van der Waals surface area contributed by atoms with Crippen molar-refractivity contribution in [3.63, 3.8) is 0 Å². The van der Waals surface area contributed by atoms with Crippen LogP contribution in [0.5, 0.6) is 11.5 Å². The van der Waals surface area contributed by atoms with Crippen LogP contribution in [0.3, 0.4) is 0 Å². The summed E-state index contributed by atoms with van der Waals surface area (Å²) in [4.78, 5) is 12.6. The van der Waals surface area contributed by atoms with Crippen LogP contribution in [0.4, 0.5) is 14.5 Å². The Morgan fingerprint density at radius 3 is 2.35 bits per heavy atom. The van der Waals surface area contributed by atoms with Crippen molar-refractivity contribution in [2.75, 3.05) is 25.3 Å². The van der Waals surface area contributed by atoms with Crippen LogP contribution in [0.15, 0.2) is 41.3 Å². The Hall–Kier alpha value is -2.28. The van der Waals surface area contributed by atoms with Gasteiger partial charge in [-0.3, -0.25) is 4.79 Å². The lowest BCUT2D eigenvalue weighted by Gasteiger charge is -2.10. The number of ether oxygens (including phenoxy) is 2. The number of hydrogen-bond acceptors (Lipinski definition) is 4. The summed E-state index contributed by atoms with van der Waals surface area (Å²) in [6, 6.07) is 8.61. The minimum atomic E-state index is -0.811. The van der Waals surface area contributed by atoms with Crippen molar-refractivity contribution in [1.29, 1.82) is 0 Å². The van der Waals surface area contributed by atoms with E-state index in [9.17, 15) is 13.6 Å². The van der Waals surface area contributed by atoms with Crippen LogP contribution in [-0.2, 0) is 4.79 Å². The molecule has 2 aromatic carbocycles. The topological polar surface area (TPSA) is 47.6 Å². The second-order valence-corrected chi connectivity index (χ2v) is 5.50. The van der Waals surface area contributed by atoms with Gasteiger partial charge in [0.25, 0.3) is 0 Å². The van der Waals surface area contributed by atoms with Gasteiger partial charge in [0.1, 0.15) is 17.3 Å². The number of rotatable bonds is 6. The lowest BCUT2D eigenvalue weighted by Crippen LogP contribution is -2.16. The number of anilines is 1. The van der Waals surface area contributed by atoms with Crippen molar-refractivity contribution in [3.8, 4) is 11.5 Å². The zero-order chi connectivity index (χ0) is 16.8. The first-order valence-corrected chi connectivity index (χ1v) is 7.62. The van der Waals surface area contributed by atoms with Crippen LogP contribution in [0.25, 0.3) is 0 Å². The fourth-order valence-corrected chi connectivity index (χ4v) is 2.57.